The predicted molar refractivity (Wildman–Crippen MR) is 408 cm³/mol. The maximum atomic E-state index is 13.6. The van der Waals surface area contributed by atoms with Gasteiger partial charge in [-0.25, -0.2) is 31.4 Å². The monoisotopic (exact) mass is 1470 g/mol. The van der Waals surface area contributed by atoms with Gasteiger partial charge in [-0.15, -0.1) is 0 Å². The summed E-state index contributed by atoms with van der Waals surface area (Å²) in [7, 11) is 2.88. The van der Waals surface area contributed by atoms with E-state index in [0.29, 0.717) is 31.3 Å². The molecule has 544 valence electrons. The number of nitrogens with zero attached hydrogens (tertiary/aromatic N) is 3. The first-order valence-electron chi connectivity index (χ1n) is 33.4. The van der Waals surface area contributed by atoms with Gasteiger partial charge in [0.15, 0.2) is 9.84 Å². The Bertz CT molecular complexity index is 4710. The van der Waals surface area contributed by atoms with Gasteiger partial charge in [0, 0.05) is 66.9 Å². The van der Waals surface area contributed by atoms with E-state index in [4.69, 9.17) is 32.4 Å². The zero-order chi connectivity index (χ0) is 74.7. The molecule has 104 heavy (non-hydrogen) atoms. The molecule has 0 amide bonds. The summed E-state index contributed by atoms with van der Waals surface area (Å²) in [5.41, 5.74) is 14.1. The van der Waals surface area contributed by atoms with Crippen molar-refractivity contribution in [3.05, 3.63) is 288 Å². The lowest BCUT2D eigenvalue weighted by Gasteiger charge is -2.13. The lowest BCUT2D eigenvalue weighted by molar-refractivity contribution is -0.160. The third kappa shape index (κ3) is 22.2. The second-order valence-corrected chi connectivity index (χ2v) is 27.0. The maximum absolute atomic E-state index is 13.6. The Morgan fingerprint density at radius 2 is 0.635 bits per heavy atom. The minimum Gasteiger partial charge on any atom is -0.508 e. The standard InChI is InChI=1S/2C26H24FNO4S.C25H22FNO4S.2C3H8/c1-18-20(17-32-24-12-10-23(31-2)11-13-24)16-26(28(18)22-8-6-21(27)7-9-22)19-4-14-25(15-5-19)33(3,29)30;1-18-20(17-31-24-12-10-23(29-2)11-13-24)16-26(28(18)22-8-6-21(27)7-9-22)19-4-14-25(15-5-19)33-32-30-3;1-17-19(16-30-23-11-9-22(28)10-12-23)15-25(27(17)21-7-5-20(26)6-8-21)18-3-13-24(14-4-18)32-31-29-2;2*1-3-2/h2*4-16H,17H2,1-3H3;3-15,28H,16H2,1-2H3;2*3H2,1-2H3. The number of sulfone groups is 1. The second-order valence-electron chi connectivity index (χ2n) is 23.5. The largest absolute Gasteiger partial charge is 0.508 e. The molecule has 15 nitrogen and oxygen atoms in total. The Kier molecular flexibility index (Phi) is 30.2. The third-order valence-corrected chi connectivity index (χ3v) is 18.2. The summed E-state index contributed by atoms with van der Waals surface area (Å²) in [6.07, 6.45) is 3.68. The number of hydrogen-bond donors (Lipinski definition) is 1. The van der Waals surface area contributed by atoms with Crippen LogP contribution in [-0.2, 0) is 48.1 Å². The molecule has 12 rings (SSSR count). The first kappa shape index (κ1) is 79.6. The van der Waals surface area contributed by atoms with Crippen molar-refractivity contribution in [3.8, 4) is 85.3 Å². The van der Waals surface area contributed by atoms with Crippen molar-refractivity contribution in [1.82, 2.24) is 13.7 Å². The minimum absolute atomic E-state index is 0.191. The zero-order valence-electron chi connectivity index (χ0n) is 60.2. The van der Waals surface area contributed by atoms with Gasteiger partial charge in [0.25, 0.3) is 0 Å². The van der Waals surface area contributed by atoms with E-state index >= 15 is 0 Å². The van der Waals surface area contributed by atoms with E-state index in [1.807, 2.05) is 128 Å². The van der Waals surface area contributed by atoms with Crippen LogP contribution in [0.2, 0.25) is 0 Å². The molecule has 0 unspecified atom stereocenters. The highest BCUT2D eigenvalue weighted by Gasteiger charge is 2.21. The lowest BCUT2D eigenvalue weighted by Crippen LogP contribution is -2.02. The average molecular weight is 1470 g/mol. The summed E-state index contributed by atoms with van der Waals surface area (Å²) in [5.74, 6) is 2.98. The van der Waals surface area contributed by atoms with Gasteiger partial charge in [0.05, 0.1) is 74.5 Å². The van der Waals surface area contributed by atoms with Crippen molar-refractivity contribution >= 4 is 33.9 Å². The van der Waals surface area contributed by atoms with Gasteiger partial charge >= 0.3 is 0 Å². The van der Waals surface area contributed by atoms with E-state index in [-0.39, 0.29) is 28.1 Å². The number of rotatable bonds is 24. The first-order valence-corrected chi connectivity index (χ1v) is 36.7. The molecular weight excluding hydrogens is 1380 g/mol. The summed E-state index contributed by atoms with van der Waals surface area (Å²) in [6.45, 7) is 15.6. The van der Waals surface area contributed by atoms with Crippen LogP contribution < -0.4 is 23.7 Å². The number of ether oxygens (including phenoxy) is 5. The molecule has 0 radical (unpaired) electrons. The quantitative estimate of drug-likeness (QED) is 0.0347. The molecule has 0 fully saturated rings. The van der Waals surface area contributed by atoms with Gasteiger partial charge in [-0.3, -0.25) is 0 Å². The SMILES string of the molecule is CCC.CCC.COOSc1ccc(-c2cc(COc3ccc(O)cc3)c(C)n2-c2ccc(F)cc2)cc1.COOSc1ccc(-c2cc(COc3ccc(OC)cc3)c(C)n2-c2ccc(F)cc2)cc1.COc1ccc(OCc2cc(-c3ccc(S(C)(=O)=O)cc3)n(-c3ccc(F)cc3)c2C)cc1. The van der Waals surface area contributed by atoms with E-state index in [2.05, 4.69) is 58.7 Å². The zero-order valence-corrected chi connectivity index (χ0v) is 62.6. The molecule has 0 aliphatic carbocycles. The number of hydrogen-bond acceptors (Lipinski definition) is 14. The number of phenols is 1. The second kappa shape index (κ2) is 39.5. The van der Waals surface area contributed by atoms with Crippen LogP contribution in [0.3, 0.4) is 0 Å². The van der Waals surface area contributed by atoms with Gasteiger partial charge in [-0.05, 0) is 238 Å². The molecular formula is C83H86F3N3O12S3. The van der Waals surface area contributed by atoms with Crippen LogP contribution in [0.25, 0.3) is 50.8 Å². The van der Waals surface area contributed by atoms with E-state index in [9.17, 15) is 26.7 Å². The summed E-state index contributed by atoms with van der Waals surface area (Å²) in [4.78, 5) is 11.4. The van der Waals surface area contributed by atoms with Gasteiger partial charge in [0.2, 0.25) is 0 Å². The molecule has 0 aliphatic rings. The fourth-order valence-corrected chi connectivity index (χ4v) is 12.0. The summed E-state index contributed by atoms with van der Waals surface area (Å²) in [5, 5.41) is 9.46. The van der Waals surface area contributed by atoms with Crippen LogP contribution in [0.1, 0.15) is 74.3 Å². The molecule has 0 bridgehead atoms. The van der Waals surface area contributed by atoms with Gasteiger partial charge in [-0.1, -0.05) is 76.9 Å². The van der Waals surface area contributed by atoms with Crippen LogP contribution in [-0.4, -0.2) is 61.9 Å². The highest BCUT2D eigenvalue weighted by atomic mass is 32.2. The molecule has 3 aromatic heterocycles. The Hall–Kier alpha value is -10.1. The molecule has 0 saturated heterocycles. The minimum atomic E-state index is -3.29. The summed E-state index contributed by atoms with van der Waals surface area (Å²) in [6, 6.07) is 69.4. The van der Waals surface area contributed by atoms with Crippen LogP contribution in [0, 0.1) is 38.2 Å². The van der Waals surface area contributed by atoms with Crippen molar-refractivity contribution in [1.29, 1.82) is 0 Å². The smallest absolute Gasteiger partial charge is 0.175 e. The number of aromatic nitrogens is 3. The molecule has 9 aromatic carbocycles. The van der Waals surface area contributed by atoms with Crippen molar-refractivity contribution < 1.29 is 68.8 Å². The Morgan fingerprint density at radius 1 is 0.375 bits per heavy atom. The Balaban J connectivity index is 0.000000190. The number of halogens is 3. The first-order chi connectivity index (χ1) is 50.2. The Morgan fingerprint density at radius 3 is 0.894 bits per heavy atom. The van der Waals surface area contributed by atoms with Gasteiger partial charge in [0.1, 0.15) is 71.8 Å². The normalized spacial score (nSPS) is 10.8. The number of phenolic OH excluding ortho intramolecular Hbond substituents is 1. The van der Waals surface area contributed by atoms with Crippen LogP contribution >= 0.6 is 24.1 Å². The topological polar surface area (TPSA) is 152 Å². The number of aromatic hydroxyl groups is 1. The van der Waals surface area contributed by atoms with Crippen molar-refractivity contribution in [2.45, 2.75) is 95.8 Å². The van der Waals surface area contributed by atoms with Crippen LogP contribution in [0.4, 0.5) is 13.2 Å². The molecule has 12 aromatic rings. The van der Waals surface area contributed by atoms with Crippen molar-refractivity contribution in [2.24, 2.45) is 0 Å². The highest BCUT2D eigenvalue weighted by molar-refractivity contribution is 7.94. The maximum Gasteiger partial charge on any atom is 0.175 e. The molecule has 3 heterocycles. The highest BCUT2D eigenvalue weighted by Crippen LogP contribution is 2.36. The van der Waals surface area contributed by atoms with E-state index in [1.54, 1.807) is 99.1 Å². The van der Waals surface area contributed by atoms with Crippen molar-refractivity contribution in [2.75, 3.05) is 34.7 Å². The third-order valence-electron chi connectivity index (χ3n) is 15.7. The lowest BCUT2D eigenvalue weighted by atomic mass is 10.1. The number of methoxy groups -OCH3 is 2. The average Bonchev–Trinajstić information content (AvgIpc) is 1.65. The van der Waals surface area contributed by atoms with E-state index < -0.39 is 9.84 Å². The van der Waals surface area contributed by atoms with Gasteiger partial charge in [-0.2, -0.15) is 8.67 Å². The fraction of sp³-hybridized carbons (Fsp3) is 0.205. The predicted octanol–water partition coefficient (Wildman–Crippen LogP) is 21.6. The summed E-state index contributed by atoms with van der Waals surface area (Å²) >= 11 is 2.28. The summed E-state index contributed by atoms with van der Waals surface area (Å²) < 4.78 is 109. The fourth-order valence-electron chi connectivity index (χ4n) is 10.6. The molecule has 0 spiro atoms. The van der Waals surface area contributed by atoms with E-state index in [1.165, 1.54) is 69.7 Å². The molecule has 0 saturated carbocycles. The molecule has 0 aliphatic heterocycles. The van der Waals surface area contributed by atoms with Crippen LogP contribution in [0.15, 0.2) is 251 Å². The van der Waals surface area contributed by atoms with Gasteiger partial charge < -0.3 is 42.5 Å². The molecule has 1 N–H and O–H groups in total. The van der Waals surface area contributed by atoms with Crippen molar-refractivity contribution in [3.63, 3.8) is 0 Å². The Labute approximate surface area is 616 Å². The molecule has 21 heteroatoms. The van der Waals surface area contributed by atoms with Crippen LogP contribution in [0.5, 0.6) is 34.5 Å². The number of benzene rings is 9. The molecule has 0 atom stereocenters. The van der Waals surface area contributed by atoms with E-state index in [0.717, 1.165) is 136 Å².